The van der Waals surface area contributed by atoms with Crippen LogP contribution in [0.1, 0.15) is 35.6 Å². The van der Waals surface area contributed by atoms with E-state index in [1.807, 2.05) is 42.5 Å². The number of nitrogens with zero attached hydrogens (tertiary/aromatic N) is 1. The van der Waals surface area contributed by atoms with Crippen LogP contribution in [0, 0.1) is 5.82 Å². The molecule has 0 aromatic heterocycles. The minimum absolute atomic E-state index is 0.0617. The minimum Gasteiger partial charge on any atom is -0.494 e. The highest BCUT2D eigenvalue weighted by molar-refractivity contribution is 6.01. The predicted molar refractivity (Wildman–Crippen MR) is 139 cm³/mol. The number of hydrogen-bond donors (Lipinski definition) is 3. The summed E-state index contributed by atoms with van der Waals surface area (Å²) in [7, 11) is 0. The number of aliphatic imine (C=N–C) groups is 1. The second kappa shape index (κ2) is 12.3. The number of aliphatic hydroxyl groups excluding tert-OH is 1. The number of halogens is 1. The Morgan fingerprint density at radius 3 is 2.54 bits per heavy atom. The van der Waals surface area contributed by atoms with Gasteiger partial charge in [-0.1, -0.05) is 54.6 Å². The van der Waals surface area contributed by atoms with Gasteiger partial charge in [-0.2, -0.15) is 0 Å². The van der Waals surface area contributed by atoms with Gasteiger partial charge in [0.1, 0.15) is 11.6 Å². The fraction of sp³-hybridized carbons (Fsp3) is 0.241. The average Bonchev–Trinajstić information content (AvgIpc) is 3.31. The number of carbonyl (C=O) groups is 1. The standard InChI is InChI=1S/C29H30FN3O4/c1-2-17-29(28(35)33-31-20-23-11-6-7-12-25(23)30)26(21-9-4-3-5-10-21)37-27(32-29)22-13-15-24(16-14-22)36-19-8-18-34/h2-7,9-16,26,31,34H,1,8,17-20H2,(H,33,35)/t26-,29-/m0/s1. The third-order valence-corrected chi connectivity index (χ3v) is 6.03. The van der Waals surface area contributed by atoms with Gasteiger partial charge in [0.2, 0.25) is 5.90 Å². The van der Waals surface area contributed by atoms with Crippen molar-refractivity contribution in [1.82, 2.24) is 10.9 Å². The molecule has 7 nitrogen and oxygen atoms in total. The van der Waals surface area contributed by atoms with Crippen LogP contribution >= 0.6 is 0 Å². The zero-order valence-corrected chi connectivity index (χ0v) is 20.4. The lowest BCUT2D eigenvalue weighted by Crippen LogP contribution is -2.52. The van der Waals surface area contributed by atoms with Gasteiger partial charge in [0.15, 0.2) is 11.6 Å². The number of carbonyl (C=O) groups excluding carboxylic acids is 1. The van der Waals surface area contributed by atoms with Crippen LogP contribution in [-0.4, -0.2) is 35.7 Å². The van der Waals surface area contributed by atoms with E-state index in [0.717, 1.165) is 5.56 Å². The molecule has 4 rings (SSSR count). The molecule has 1 aliphatic rings. The molecule has 1 amide bonds. The molecule has 3 aromatic rings. The van der Waals surface area contributed by atoms with Crippen molar-refractivity contribution in [3.05, 3.63) is 114 Å². The summed E-state index contributed by atoms with van der Waals surface area (Å²) < 4.78 is 26.0. The summed E-state index contributed by atoms with van der Waals surface area (Å²) in [5.41, 5.74) is 6.10. The zero-order chi connectivity index (χ0) is 26.1. The van der Waals surface area contributed by atoms with Gasteiger partial charge in [-0.05, 0) is 35.9 Å². The molecule has 0 bridgehead atoms. The van der Waals surface area contributed by atoms with Crippen molar-refractivity contribution in [2.24, 2.45) is 4.99 Å². The van der Waals surface area contributed by atoms with Crippen molar-refractivity contribution in [2.45, 2.75) is 31.0 Å². The molecule has 0 fully saturated rings. The van der Waals surface area contributed by atoms with Gasteiger partial charge in [0.05, 0.1) is 6.61 Å². The number of rotatable bonds is 12. The van der Waals surface area contributed by atoms with Crippen LogP contribution in [-0.2, 0) is 16.1 Å². The van der Waals surface area contributed by atoms with Gasteiger partial charge >= 0.3 is 0 Å². The third kappa shape index (κ3) is 6.04. The normalized spacial score (nSPS) is 18.5. The quantitative estimate of drug-likeness (QED) is 0.195. The van der Waals surface area contributed by atoms with Gasteiger partial charge < -0.3 is 14.6 Å². The average molecular weight is 504 g/mol. The van der Waals surface area contributed by atoms with E-state index >= 15 is 0 Å². The summed E-state index contributed by atoms with van der Waals surface area (Å²) in [4.78, 5) is 18.5. The van der Waals surface area contributed by atoms with Crippen LogP contribution < -0.4 is 15.6 Å². The summed E-state index contributed by atoms with van der Waals surface area (Å²) in [6.45, 7) is 4.43. The SMILES string of the molecule is C=CC[C@]1(C(=O)NNCc2ccccc2F)N=C(c2ccc(OCCCO)cc2)O[C@H]1c1ccccc1. The highest BCUT2D eigenvalue weighted by Crippen LogP contribution is 2.42. The molecule has 192 valence electrons. The van der Waals surface area contributed by atoms with Crippen LogP contribution in [0.5, 0.6) is 5.75 Å². The number of hydrogen-bond acceptors (Lipinski definition) is 6. The molecule has 0 spiro atoms. The Morgan fingerprint density at radius 2 is 1.84 bits per heavy atom. The van der Waals surface area contributed by atoms with E-state index in [9.17, 15) is 9.18 Å². The third-order valence-electron chi connectivity index (χ3n) is 6.03. The Hall–Kier alpha value is -4.01. The maximum atomic E-state index is 14.0. The van der Waals surface area contributed by atoms with Gasteiger partial charge in [-0.3, -0.25) is 10.2 Å². The van der Waals surface area contributed by atoms with E-state index in [1.54, 1.807) is 36.4 Å². The molecule has 0 unspecified atom stereocenters. The van der Waals surface area contributed by atoms with Crippen molar-refractivity contribution in [3.8, 4) is 5.75 Å². The first kappa shape index (κ1) is 26.1. The van der Waals surface area contributed by atoms with Gasteiger partial charge in [0, 0.05) is 37.1 Å². The maximum absolute atomic E-state index is 14.0. The monoisotopic (exact) mass is 503 g/mol. The van der Waals surface area contributed by atoms with Crippen LogP contribution in [0.2, 0.25) is 0 Å². The Kier molecular flexibility index (Phi) is 8.66. The fourth-order valence-electron chi connectivity index (χ4n) is 4.13. The van der Waals surface area contributed by atoms with Crippen LogP contribution in [0.15, 0.2) is 96.5 Å². The molecule has 8 heteroatoms. The summed E-state index contributed by atoms with van der Waals surface area (Å²) >= 11 is 0. The molecular weight excluding hydrogens is 473 g/mol. The van der Waals surface area contributed by atoms with E-state index in [-0.39, 0.29) is 25.4 Å². The fourth-order valence-corrected chi connectivity index (χ4v) is 4.13. The number of amides is 1. The summed E-state index contributed by atoms with van der Waals surface area (Å²) in [5.74, 6) is 0.196. The van der Waals surface area contributed by atoms with Crippen molar-refractivity contribution < 1.29 is 23.8 Å². The van der Waals surface area contributed by atoms with E-state index in [2.05, 4.69) is 17.4 Å². The molecule has 0 saturated carbocycles. The Labute approximate surface area is 215 Å². The second-order valence-corrected chi connectivity index (χ2v) is 8.59. The van der Waals surface area contributed by atoms with E-state index in [0.29, 0.717) is 35.8 Å². The molecule has 0 aliphatic carbocycles. The Bertz CT molecular complexity index is 1230. The molecule has 3 aromatic carbocycles. The molecule has 1 aliphatic heterocycles. The lowest BCUT2D eigenvalue weighted by atomic mass is 9.84. The highest BCUT2D eigenvalue weighted by atomic mass is 19.1. The molecule has 37 heavy (non-hydrogen) atoms. The van der Waals surface area contributed by atoms with Crippen molar-refractivity contribution in [2.75, 3.05) is 13.2 Å². The van der Waals surface area contributed by atoms with Gasteiger partial charge in [-0.25, -0.2) is 14.8 Å². The topological polar surface area (TPSA) is 92.2 Å². The largest absolute Gasteiger partial charge is 0.494 e. The highest BCUT2D eigenvalue weighted by Gasteiger charge is 2.52. The molecule has 1 heterocycles. The van der Waals surface area contributed by atoms with Crippen LogP contribution in [0.4, 0.5) is 4.39 Å². The van der Waals surface area contributed by atoms with Crippen LogP contribution in [0.3, 0.4) is 0 Å². The lowest BCUT2D eigenvalue weighted by Gasteiger charge is -2.29. The van der Waals surface area contributed by atoms with Gasteiger partial charge in [0.25, 0.3) is 5.91 Å². The number of aliphatic hydroxyl groups is 1. The van der Waals surface area contributed by atoms with Crippen molar-refractivity contribution in [3.63, 3.8) is 0 Å². The predicted octanol–water partition coefficient (Wildman–Crippen LogP) is 4.24. The van der Waals surface area contributed by atoms with E-state index in [1.165, 1.54) is 6.07 Å². The van der Waals surface area contributed by atoms with Crippen molar-refractivity contribution in [1.29, 1.82) is 0 Å². The first-order chi connectivity index (χ1) is 18.1. The summed E-state index contributed by atoms with van der Waals surface area (Å²) in [5, 5.41) is 8.94. The Morgan fingerprint density at radius 1 is 1.11 bits per heavy atom. The smallest absolute Gasteiger partial charge is 0.266 e. The van der Waals surface area contributed by atoms with Gasteiger partial charge in [-0.15, -0.1) is 6.58 Å². The minimum atomic E-state index is -1.34. The van der Waals surface area contributed by atoms with E-state index < -0.39 is 17.6 Å². The Balaban J connectivity index is 1.60. The molecule has 0 saturated heterocycles. The maximum Gasteiger partial charge on any atom is 0.266 e. The molecule has 0 radical (unpaired) electrons. The zero-order valence-electron chi connectivity index (χ0n) is 20.4. The number of hydrazine groups is 1. The lowest BCUT2D eigenvalue weighted by molar-refractivity contribution is -0.129. The number of ether oxygens (including phenoxy) is 2. The molecule has 3 N–H and O–H groups in total. The van der Waals surface area contributed by atoms with E-state index in [4.69, 9.17) is 19.6 Å². The first-order valence-corrected chi connectivity index (χ1v) is 12.1. The van der Waals surface area contributed by atoms with Crippen LogP contribution in [0.25, 0.3) is 0 Å². The number of nitrogens with one attached hydrogen (secondary N) is 2. The summed E-state index contributed by atoms with van der Waals surface area (Å²) in [6, 6.07) is 23.0. The summed E-state index contributed by atoms with van der Waals surface area (Å²) in [6.07, 6.45) is 1.68. The molecular formula is C29H30FN3O4. The molecule has 2 atom stereocenters. The van der Waals surface area contributed by atoms with Crippen molar-refractivity contribution >= 4 is 11.8 Å². The number of benzene rings is 3. The first-order valence-electron chi connectivity index (χ1n) is 12.1. The second-order valence-electron chi connectivity index (χ2n) is 8.59.